The van der Waals surface area contributed by atoms with E-state index in [0.29, 0.717) is 6.61 Å². The highest BCUT2D eigenvalue weighted by atomic mass is 79.9. The van der Waals surface area contributed by atoms with Crippen LogP contribution in [0.1, 0.15) is 6.92 Å². The van der Waals surface area contributed by atoms with Crippen molar-refractivity contribution in [1.29, 1.82) is 0 Å². The molecule has 17 heavy (non-hydrogen) atoms. The number of carbonyl (C=O) groups excluding carboxylic acids is 1. The van der Waals surface area contributed by atoms with E-state index in [1.54, 1.807) is 6.92 Å². The second-order valence-electron chi connectivity index (χ2n) is 2.93. The van der Waals surface area contributed by atoms with E-state index in [1.165, 1.54) is 0 Å². The minimum atomic E-state index is -0.578. The quantitative estimate of drug-likeness (QED) is 0.577. The minimum Gasteiger partial charge on any atom is -0.449 e. The summed E-state index contributed by atoms with van der Waals surface area (Å²) in [6, 6.07) is 7.48. The Labute approximate surface area is 113 Å². The third-order valence-electron chi connectivity index (χ3n) is 1.64. The maximum Gasteiger partial charge on any atom is 0.425 e. The number of carbonyl (C=O) groups is 1. The standard InChI is InChI=1S/C10H12BrN3O2S/c1-2-16-10(15)14-13-9(17)12-8-5-3-4-7(11)6-8/h3-6H,2H2,1H3,(H,14,15)(H2,12,13,17). The summed E-state index contributed by atoms with van der Waals surface area (Å²) in [7, 11) is 0. The maximum atomic E-state index is 11.0. The van der Waals surface area contributed by atoms with Gasteiger partial charge in [-0.05, 0) is 37.3 Å². The molecule has 0 atom stereocenters. The van der Waals surface area contributed by atoms with Gasteiger partial charge in [-0.3, -0.25) is 5.43 Å². The zero-order valence-corrected chi connectivity index (χ0v) is 11.5. The van der Waals surface area contributed by atoms with Crippen LogP contribution >= 0.6 is 28.1 Å². The Morgan fingerprint density at radius 1 is 1.47 bits per heavy atom. The van der Waals surface area contributed by atoms with Crippen molar-refractivity contribution in [2.75, 3.05) is 11.9 Å². The molecular weight excluding hydrogens is 306 g/mol. The molecule has 5 nitrogen and oxygen atoms in total. The Morgan fingerprint density at radius 2 is 2.24 bits per heavy atom. The van der Waals surface area contributed by atoms with Crippen molar-refractivity contribution in [1.82, 2.24) is 10.9 Å². The summed E-state index contributed by atoms with van der Waals surface area (Å²) < 4.78 is 5.59. The third kappa shape index (κ3) is 5.50. The molecule has 3 N–H and O–H groups in total. The molecule has 0 heterocycles. The average Bonchev–Trinajstić information content (AvgIpc) is 2.27. The van der Waals surface area contributed by atoms with Gasteiger partial charge in [0.05, 0.1) is 6.61 Å². The number of nitrogens with one attached hydrogen (secondary N) is 3. The Balaban J connectivity index is 2.37. The summed E-state index contributed by atoms with van der Waals surface area (Å²) in [6.07, 6.45) is -0.578. The topological polar surface area (TPSA) is 62.4 Å². The highest BCUT2D eigenvalue weighted by Crippen LogP contribution is 2.15. The number of hydrazine groups is 1. The normalized spacial score (nSPS) is 9.29. The van der Waals surface area contributed by atoms with E-state index in [2.05, 4.69) is 36.8 Å². The maximum absolute atomic E-state index is 11.0. The second kappa shape index (κ2) is 7.08. The van der Waals surface area contributed by atoms with Gasteiger partial charge in [0, 0.05) is 10.2 Å². The first-order valence-electron chi connectivity index (χ1n) is 4.87. The van der Waals surface area contributed by atoms with Gasteiger partial charge in [0.1, 0.15) is 0 Å². The van der Waals surface area contributed by atoms with E-state index in [9.17, 15) is 4.79 Å². The molecule has 0 unspecified atom stereocenters. The monoisotopic (exact) mass is 317 g/mol. The van der Waals surface area contributed by atoms with Crippen LogP contribution in [-0.4, -0.2) is 17.8 Å². The Kier molecular flexibility index (Phi) is 5.71. The zero-order valence-electron chi connectivity index (χ0n) is 9.12. The van der Waals surface area contributed by atoms with Crippen molar-refractivity contribution in [2.45, 2.75) is 6.92 Å². The third-order valence-corrected chi connectivity index (χ3v) is 2.33. The number of hydrogen-bond acceptors (Lipinski definition) is 3. The van der Waals surface area contributed by atoms with Gasteiger partial charge >= 0.3 is 6.09 Å². The summed E-state index contributed by atoms with van der Waals surface area (Å²) in [6.45, 7) is 2.02. The summed E-state index contributed by atoms with van der Waals surface area (Å²) >= 11 is 8.32. The summed E-state index contributed by atoms with van der Waals surface area (Å²) in [5.74, 6) is 0. The van der Waals surface area contributed by atoms with Crippen molar-refractivity contribution in [3.63, 3.8) is 0 Å². The lowest BCUT2D eigenvalue weighted by molar-refractivity contribution is 0.150. The van der Waals surface area contributed by atoms with E-state index in [1.807, 2.05) is 24.3 Å². The van der Waals surface area contributed by atoms with Crippen LogP contribution in [0.4, 0.5) is 10.5 Å². The molecule has 1 aromatic rings. The van der Waals surface area contributed by atoms with Gasteiger partial charge in [0.15, 0.2) is 5.11 Å². The first-order chi connectivity index (χ1) is 8.11. The van der Waals surface area contributed by atoms with Gasteiger partial charge in [-0.15, -0.1) is 0 Å². The van der Waals surface area contributed by atoms with Crippen molar-refractivity contribution in [2.24, 2.45) is 0 Å². The lowest BCUT2D eigenvalue weighted by Gasteiger charge is -2.11. The van der Waals surface area contributed by atoms with Crippen LogP contribution in [0.15, 0.2) is 28.7 Å². The predicted molar refractivity (Wildman–Crippen MR) is 73.7 cm³/mol. The van der Waals surface area contributed by atoms with Crippen LogP contribution in [0.5, 0.6) is 0 Å². The number of benzene rings is 1. The fourth-order valence-corrected chi connectivity index (χ4v) is 1.57. The lowest BCUT2D eigenvalue weighted by Crippen LogP contribution is -2.44. The number of ether oxygens (including phenoxy) is 1. The Bertz CT molecular complexity index is 414. The van der Waals surface area contributed by atoms with Crippen LogP contribution in [0.25, 0.3) is 0 Å². The van der Waals surface area contributed by atoms with Gasteiger partial charge in [-0.1, -0.05) is 22.0 Å². The number of amides is 1. The van der Waals surface area contributed by atoms with E-state index in [-0.39, 0.29) is 5.11 Å². The Morgan fingerprint density at radius 3 is 2.88 bits per heavy atom. The minimum absolute atomic E-state index is 0.274. The lowest BCUT2D eigenvalue weighted by atomic mass is 10.3. The van der Waals surface area contributed by atoms with Crippen molar-refractivity contribution < 1.29 is 9.53 Å². The van der Waals surface area contributed by atoms with Gasteiger partial charge < -0.3 is 10.1 Å². The molecule has 0 aromatic heterocycles. The predicted octanol–water partition coefficient (Wildman–Crippen LogP) is 2.40. The van der Waals surface area contributed by atoms with E-state index < -0.39 is 6.09 Å². The molecule has 0 aliphatic carbocycles. The van der Waals surface area contributed by atoms with Crippen LogP contribution in [0.2, 0.25) is 0 Å². The van der Waals surface area contributed by atoms with E-state index >= 15 is 0 Å². The largest absolute Gasteiger partial charge is 0.449 e. The molecule has 0 saturated heterocycles. The molecular formula is C10H12BrN3O2S. The van der Waals surface area contributed by atoms with Crippen molar-refractivity contribution >= 4 is 45.0 Å². The van der Waals surface area contributed by atoms with Gasteiger partial charge in [-0.25, -0.2) is 10.2 Å². The van der Waals surface area contributed by atoms with Crippen LogP contribution in [0, 0.1) is 0 Å². The molecule has 1 rings (SSSR count). The smallest absolute Gasteiger partial charge is 0.425 e. The second-order valence-corrected chi connectivity index (χ2v) is 4.26. The highest BCUT2D eigenvalue weighted by molar-refractivity contribution is 9.10. The molecule has 0 aliphatic rings. The van der Waals surface area contributed by atoms with Crippen molar-refractivity contribution in [3.05, 3.63) is 28.7 Å². The summed E-state index contributed by atoms with van der Waals surface area (Å²) in [5.41, 5.74) is 5.62. The van der Waals surface area contributed by atoms with E-state index in [0.717, 1.165) is 10.2 Å². The molecule has 0 fully saturated rings. The molecule has 0 saturated carbocycles. The van der Waals surface area contributed by atoms with Gasteiger partial charge in [0.25, 0.3) is 0 Å². The molecule has 7 heteroatoms. The average molecular weight is 318 g/mol. The van der Waals surface area contributed by atoms with E-state index in [4.69, 9.17) is 12.2 Å². The number of thiocarbonyl (C=S) groups is 1. The molecule has 1 aromatic carbocycles. The highest BCUT2D eigenvalue weighted by Gasteiger charge is 2.01. The summed E-state index contributed by atoms with van der Waals surface area (Å²) in [4.78, 5) is 11.0. The molecule has 0 aliphatic heterocycles. The first-order valence-corrected chi connectivity index (χ1v) is 6.07. The zero-order chi connectivity index (χ0) is 12.7. The van der Waals surface area contributed by atoms with Crippen LogP contribution in [-0.2, 0) is 4.74 Å². The SMILES string of the molecule is CCOC(=O)NNC(=S)Nc1cccc(Br)c1. The molecule has 1 amide bonds. The van der Waals surface area contributed by atoms with Crippen LogP contribution < -0.4 is 16.2 Å². The van der Waals surface area contributed by atoms with Crippen LogP contribution in [0.3, 0.4) is 0 Å². The fourth-order valence-electron chi connectivity index (χ4n) is 1.00. The summed E-state index contributed by atoms with van der Waals surface area (Å²) in [5, 5.41) is 3.17. The molecule has 0 radical (unpaired) electrons. The van der Waals surface area contributed by atoms with Crippen molar-refractivity contribution in [3.8, 4) is 0 Å². The number of hydrogen-bond donors (Lipinski definition) is 3. The number of halogens is 1. The van der Waals surface area contributed by atoms with Gasteiger partial charge in [-0.2, -0.15) is 0 Å². The van der Waals surface area contributed by atoms with Gasteiger partial charge in [0.2, 0.25) is 0 Å². The molecule has 0 bridgehead atoms. The Hall–Kier alpha value is -1.34. The fraction of sp³-hybridized carbons (Fsp3) is 0.200. The molecule has 0 spiro atoms. The molecule has 92 valence electrons. The first kappa shape index (κ1) is 13.7. The number of rotatable bonds is 2. The number of anilines is 1.